The van der Waals surface area contributed by atoms with Gasteiger partial charge in [0.2, 0.25) is 6.79 Å². The van der Waals surface area contributed by atoms with E-state index in [0.717, 1.165) is 16.8 Å². The van der Waals surface area contributed by atoms with Crippen LogP contribution in [0.3, 0.4) is 0 Å². The molecule has 3 rings (SSSR count). The molecule has 0 aliphatic rings. The number of phenolic OH excluding ortho intramolecular Hbond substituents is 1. The molecule has 5 N–H and O–H groups in total. The Bertz CT molecular complexity index is 1540. The summed E-state index contributed by atoms with van der Waals surface area (Å²) in [5.74, 6) is -1.53. The molecule has 3 amide bonds. The maximum Gasteiger partial charge on any atom is 0.419 e. The van der Waals surface area contributed by atoms with Crippen molar-refractivity contribution in [1.29, 1.82) is 0 Å². The number of carbonyl (C=O) groups is 4. The Morgan fingerprint density at radius 3 is 2.40 bits per heavy atom. The number of nitrogens with two attached hydrogens (primary N) is 1. The predicted octanol–water partition coefficient (Wildman–Crippen LogP) is 3.96. The lowest BCUT2D eigenvalue weighted by atomic mass is 10.1. The van der Waals surface area contributed by atoms with Gasteiger partial charge in [0.15, 0.2) is 5.84 Å². The highest BCUT2D eigenvalue weighted by atomic mass is 16.7. The van der Waals surface area contributed by atoms with Gasteiger partial charge in [-0.1, -0.05) is 13.0 Å². The van der Waals surface area contributed by atoms with Crippen molar-refractivity contribution < 1.29 is 33.8 Å². The third-order valence-corrected chi connectivity index (χ3v) is 6.21. The van der Waals surface area contributed by atoms with E-state index in [1.54, 1.807) is 32.0 Å². The Labute approximate surface area is 248 Å². The molecule has 0 aliphatic carbocycles. The van der Waals surface area contributed by atoms with Gasteiger partial charge in [-0.3, -0.25) is 9.59 Å². The zero-order valence-electron chi connectivity index (χ0n) is 24.3. The second-order valence-corrected chi connectivity index (χ2v) is 9.24. The molecule has 0 saturated carbocycles. The standard InChI is InChI=1S/C30H34N6O7/c1-5-13-36(30(41)43-17-42-29(40)20-9-11-22(37)12-10-20)28(39)23-15-33-25(19(23)4)26(34-16-31)35-24-14-21(8-7-18(24)3)27(38)32-6-2/h7-12,14-16,33,37H,5-6,13,17H2,1-4H3,(H,32,38)(H2,31,34,35). The average Bonchev–Trinajstić information content (AvgIpc) is 3.37. The molecule has 3 aromatic rings. The second-order valence-electron chi connectivity index (χ2n) is 9.24. The number of carbonyl (C=O) groups excluding carboxylic acids is 4. The quantitative estimate of drug-likeness (QED) is 0.118. The molecular weight excluding hydrogens is 556 g/mol. The number of aromatic amines is 1. The summed E-state index contributed by atoms with van der Waals surface area (Å²) in [6, 6.07) is 10.4. The minimum Gasteiger partial charge on any atom is -0.508 e. The Morgan fingerprint density at radius 1 is 1.05 bits per heavy atom. The fourth-order valence-electron chi connectivity index (χ4n) is 3.95. The molecule has 1 heterocycles. The van der Waals surface area contributed by atoms with Gasteiger partial charge in [-0.25, -0.2) is 24.5 Å². The van der Waals surface area contributed by atoms with Gasteiger partial charge in [-0.2, -0.15) is 0 Å². The van der Waals surface area contributed by atoms with Gasteiger partial charge in [0.05, 0.1) is 28.8 Å². The molecule has 0 radical (unpaired) electrons. The number of hydrogen-bond donors (Lipinski definition) is 4. The number of amidine groups is 1. The third-order valence-electron chi connectivity index (χ3n) is 6.21. The molecule has 13 nitrogen and oxygen atoms in total. The first-order chi connectivity index (χ1) is 20.6. The fraction of sp³-hybridized carbons (Fsp3) is 0.267. The number of hydrogen-bond acceptors (Lipinski definition) is 8. The summed E-state index contributed by atoms with van der Waals surface area (Å²) in [5.41, 5.74) is 8.40. The highest BCUT2D eigenvalue weighted by Crippen LogP contribution is 2.24. The Balaban J connectivity index is 1.82. The molecule has 0 unspecified atom stereocenters. The number of rotatable bonds is 10. The minimum atomic E-state index is -1.00. The van der Waals surface area contributed by atoms with Crippen molar-refractivity contribution >= 4 is 41.7 Å². The first-order valence-corrected chi connectivity index (χ1v) is 13.5. The summed E-state index contributed by atoms with van der Waals surface area (Å²) in [5, 5.41) is 12.1. The number of aryl methyl sites for hydroxylation is 1. The molecule has 0 fully saturated rings. The van der Waals surface area contributed by atoms with Crippen LogP contribution in [0, 0.1) is 13.8 Å². The average molecular weight is 591 g/mol. The summed E-state index contributed by atoms with van der Waals surface area (Å²) in [6.07, 6.45) is 1.92. The Morgan fingerprint density at radius 2 is 1.74 bits per heavy atom. The van der Waals surface area contributed by atoms with E-state index in [0.29, 0.717) is 35.5 Å². The number of H-pyrrole nitrogens is 1. The first-order valence-electron chi connectivity index (χ1n) is 13.5. The minimum absolute atomic E-state index is 0.0195. The number of imide groups is 1. The second kappa shape index (κ2) is 15.0. The van der Waals surface area contributed by atoms with Crippen LogP contribution in [0.1, 0.15) is 68.2 Å². The van der Waals surface area contributed by atoms with Crippen LogP contribution in [-0.4, -0.2) is 70.9 Å². The van der Waals surface area contributed by atoms with Crippen LogP contribution in [-0.2, 0) is 9.47 Å². The van der Waals surface area contributed by atoms with Gasteiger partial charge in [0, 0.05) is 24.8 Å². The number of amides is 3. The van der Waals surface area contributed by atoms with Crippen molar-refractivity contribution in [3.8, 4) is 5.75 Å². The fourth-order valence-corrected chi connectivity index (χ4v) is 3.95. The monoisotopic (exact) mass is 590 g/mol. The number of aromatic hydroxyl groups is 1. The van der Waals surface area contributed by atoms with E-state index in [4.69, 9.17) is 15.2 Å². The largest absolute Gasteiger partial charge is 0.508 e. The van der Waals surface area contributed by atoms with Gasteiger partial charge >= 0.3 is 12.1 Å². The zero-order valence-corrected chi connectivity index (χ0v) is 24.3. The van der Waals surface area contributed by atoms with Crippen LogP contribution in [0.5, 0.6) is 5.75 Å². The molecule has 2 aromatic carbocycles. The summed E-state index contributed by atoms with van der Waals surface area (Å²) in [7, 11) is 0. The maximum atomic E-state index is 13.5. The van der Waals surface area contributed by atoms with E-state index >= 15 is 0 Å². The molecule has 13 heteroatoms. The number of esters is 1. The number of aliphatic imine (C=N–C) groups is 2. The highest BCUT2D eigenvalue weighted by molar-refractivity contribution is 6.09. The van der Waals surface area contributed by atoms with E-state index in [2.05, 4.69) is 20.3 Å². The van der Waals surface area contributed by atoms with Gasteiger partial charge in [-0.05, 0) is 74.7 Å². The Hall–Kier alpha value is -5.46. The van der Waals surface area contributed by atoms with Crippen LogP contribution in [0.4, 0.5) is 10.5 Å². The molecule has 1 aromatic heterocycles. The van der Waals surface area contributed by atoms with Crippen molar-refractivity contribution in [2.75, 3.05) is 19.9 Å². The number of nitrogens with zero attached hydrogens (tertiary/aromatic N) is 3. The lowest BCUT2D eigenvalue weighted by Gasteiger charge is -2.19. The lowest BCUT2D eigenvalue weighted by molar-refractivity contribution is -0.0105. The van der Waals surface area contributed by atoms with E-state index in [-0.39, 0.29) is 35.2 Å². The number of ether oxygens (including phenoxy) is 2. The van der Waals surface area contributed by atoms with Crippen LogP contribution in [0.15, 0.2) is 58.6 Å². The highest BCUT2D eigenvalue weighted by Gasteiger charge is 2.28. The van der Waals surface area contributed by atoms with Crippen LogP contribution in [0.2, 0.25) is 0 Å². The van der Waals surface area contributed by atoms with Crippen molar-refractivity contribution in [2.45, 2.75) is 34.1 Å². The molecule has 0 atom stereocenters. The van der Waals surface area contributed by atoms with Gasteiger partial charge in [0.25, 0.3) is 11.8 Å². The SMILES string of the molecule is CCCN(C(=O)OCOC(=O)c1ccc(O)cc1)C(=O)c1c[nH]c(C(N=CN)=Nc2cc(C(=O)NCC)ccc2C)c1C. The normalized spacial score (nSPS) is 11.3. The molecule has 0 bridgehead atoms. The molecule has 226 valence electrons. The lowest BCUT2D eigenvalue weighted by Crippen LogP contribution is -2.38. The van der Waals surface area contributed by atoms with E-state index < -0.39 is 24.8 Å². The van der Waals surface area contributed by atoms with Gasteiger partial charge < -0.3 is 30.6 Å². The number of nitrogens with one attached hydrogen (secondary N) is 2. The topological polar surface area (TPSA) is 189 Å². The third kappa shape index (κ3) is 8.06. The molecular formula is C30H34N6O7. The summed E-state index contributed by atoms with van der Waals surface area (Å²) in [6.45, 7) is 6.88. The van der Waals surface area contributed by atoms with Crippen molar-refractivity contribution in [3.05, 3.63) is 82.2 Å². The number of phenols is 1. The maximum absolute atomic E-state index is 13.5. The van der Waals surface area contributed by atoms with Gasteiger partial charge in [-0.15, -0.1) is 0 Å². The first kappa shape index (κ1) is 32.1. The summed E-state index contributed by atoms with van der Waals surface area (Å²) >= 11 is 0. The van der Waals surface area contributed by atoms with Crippen LogP contribution in [0.25, 0.3) is 0 Å². The Kier molecular flexibility index (Phi) is 11.2. The summed E-state index contributed by atoms with van der Waals surface area (Å²) in [4.78, 5) is 63.5. The van der Waals surface area contributed by atoms with Crippen LogP contribution < -0.4 is 11.1 Å². The van der Waals surface area contributed by atoms with Crippen molar-refractivity contribution in [2.24, 2.45) is 15.7 Å². The molecule has 0 spiro atoms. The summed E-state index contributed by atoms with van der Waals surface area (Å²) < 4.78 is 10.0. The van der Waals surface area contributed by atoms with E-state index in [1.165, 1.54) is 30.5 Å². The van der Waals surface area contributed by atoms with E-state index in [9.17, 15) is 24.3 Å². The van der Waals surface area contributed by atoms with Gasteiger partial charge in [0.1, 0.15) is 5.75 Å². The smallest absolute Gasteiger partial charge is 0.419 e. The van der Waals surface area contributed by atoms with E-state index in [1.807, 2.05) is 13.8 Å². The van der Waals surface area contributed by atoms with Crippen LogP contribution >= 0.6 is 0 Å². The molecule has 43 heavy (non-hydrogen) atoms. The zero-order chi connectivity index (χ0) is 31.5. The molecule has 0 aliphatic heterocycles. The predicted molar refractivity (Wildman–Crippen MR) is 160 cm³/mol. The molecule has 0 saturated heterocycles. The number of benzene rings is 2. The number of aromatic nitrogens is 1. The van der Waals surface area contributed by atoms with Crippen molar-refractivity contribution in [3.63, 3.8) is 0 Å². The van der Waals surface area contributed by atoms with Crippen molar-refractivity contribution in [1.82, 2.24) is 15.2 Å².